The predicted molar refractivity (Wildman–Crippen MR) is 78.6 cm³/mol. The SMILES string of the molecule is COC1CC(c2nc(C)no2)N(C(=O)Cc2c(C)noc2C)C1. The number of aromatic nitrogens is 3. The van der Waals surface area contributed by atoms with Crippen molar-refractivity contribution in [2.45, 2.75) is 45.8 Å². The normalized spacial score (nSPS) is 21.1. The second-order valence-electron chi connectivity index (χ2n) is 5.81. The molecule has 8 nitrogen and oxygen atoms in total. The molecule has 23 heavy (non-hydrogen) atoms. The van der Waals surface area contributed by atoms with Crippen molar-refractivity contribution in [1.82, 2.24) is 20.2 Å². The first-order valence-electron chi connectivity index (χ1n) is 7.53. The first-order valence-corrected chi connectivity index (χ1v) is 7.53. The summed E-state index contributed by atoms with van der Waals surface area (Å²) in [5.41, 5.74) is 1.57. The average molecular weight is 320 g/mol. The zero-order valence-electron chi connectivity index (χ0n) is 13.7. The molecule has 0 radical (unpaired) electrons. The number of nitrogens with zero attached hydrogens (tertiary/aromatic N) is 4. The van der Waals surface area contributed by atoms with Gasteiger partial charge in [-0.1, -0.05) is 10.3 Å². The van der Waals surface area contributed by atoms with E-state index in [1.165, 1.54) is 0 Å². The van der Waals surface area contributed by atoms with Gasteiger partial charge in [-0.2, -0.15) is 4.98 Å². The molecule has 1 saturated heterocycles. The van der Waals surface area contributed by atoms with E-state index in [4.69, 9.17) is 13.8 Å². The fourth-order valence-electron chi connectivity index (χ4n) is 2.93. The molecule has 2 atom stereocenters. The van der Waals surface area contributed by atoms with E-state index in [0.29, 0.717) is 30.4 Å². The van der Waals surface area contributed by atoms with Crippen LogP contribution in [-0.4, -0.2) is 45.9 Å². The van der Waals surface area contributed by atoms with E-state index in [9.17, 15) is 4.79 Å². The molecule has 0 aliphatic carbocycles. The van der Waals surface area contributed by atoms with Crippen molar-refractivity contribution >= 4 is 5.91 Å². The summed E-state index contributed by atoms with van der Waals surface area (Å²) in [6.45, 7) is 5.90. The summed E-state index contributed by atoms with van der Waals surface area (Å²) in [5, 5.41) is 7.72. The second-order valence-corrected chi connectivity index (χ2v) is 5.81. The summed E-state index contributed by atoms with van der Waals surface area (Å²) < 4.78 is 15.8. The Morgan fingerprint density at radius 3 is 2.65 bits per heavy atom. The number of rotatable bonds is 4. The predicted octanol–water partition coefficient (Wildman–Crippen LogP) is 1.51. The molecule has 3 rings (SSSR count). The van der Waals surface area contributed by atoms with Crippen LogP contribution in [0.25, 0.3) is 0 Å². The summed E-state index contributed by atoms with van der Waals surface area (Å²) in [5.74, 6) is 1.65. The van der Waals surface area contributed by atoms with Crippen LogP contribution >= 0.6 is 0 Å². The maximum atomic E-state index is 12.8. The number of carbonyl (C=O) groups is 1. The van der Waals surface area contributed by atoms with E-state index in [1.807, 2.05) is 13.8 Å². The Bertz CT molecular complexity index is 689. The Kier molecular flexibility index (Phi) is 4.16. The Labute approximate surface area is 133 Å². The fraction of sp³-hybridized carbons (Fsp3) is 0.600. The molecule has 1 fully saturated rings. The van der Waals surface area contributed by atoms with Crippen molar-refractivity contribution in [3.05, 3.63) is 28.7 Å². The highest BCUT2D eigenvalue weighted by Gasteiger charge is 2.39. The molecule has 1 aliphatic heterocycles. The van der Waals surface area contributed by atoms with Crippen molar-refractivity contribution < 1.29 is 18.6 Å². The lowest BCUT2D eigenvalue weighted by Gasteiger charge is -2.21. The third kappa shape index (κ3) is 2.98. The van der Waals surface area contributed by atoms with E-state index in [0.717, 1.165) is 11.3 Å². The van der Waals surface area contributed by atoms with Crippen molar-refractivity contribution in [2.75, 3.05) is 13.7 Å². The Morgan fingerprint density at radius 1 is 1.30 bits per heavy atom. The molecular weight excluding hydrogens is 300 g/mol. The minimum absolute atomic E-state index is 0.0280. The minimum Gasteiger partial charge on any atom is -0.380 e. The number of methoxy groups -OCH3 is 1. The molecule has 0 spiro atoms. The van der Waals surface area contributed by atoms with Crippen LogP contribution < -0.4 is 0 Å². The largest absolute Gasteiger partial charge is 0.380 e. The molecule has 0 saturated carbocycles. The number of aryl methyl sites for hydroxylation is 3. The van der Waals surface area contributed by atoms with Gasteiger partial charge >= 0.3 is 0 Å². The van der Waals surface area contributed by atoms with Gasteiger partial charge in [0.1, 0.15) is 11.8 Å². The summed E-state index contributed by atoms with van der Waals surface area (Å²) in [7, 11) is 1.64. The van der Waals surface area contributed by atoms with Crippen molar-refractivity contribution in [3.8, 4) is 0 Å². The highest BCUT2D eigenvalue weighted by Crippen LogP contribution is 2.33. The topological polar surface area (TPSA) is 94.5 Å². The van der Waals surface area contributed by atoms with Gasteiger partial charge in [-0.15, -0.1) is 0 Å². The average Bonchev–Trinajstić information content (AvgIpc) is 3.21. The lowest BCUT2D eigenvalue weighted by molar-refractivity contribution is -0.132. The van der Waals surface area contributed by atoms with Crippen LogP contribution in [0.5, 0.6) is 0 Å². The molecule has 124 valence electrons. The van der Waals surface area contributed by atoms with E-state index in [2.05, 4.69) is 15.3 Å². The van der Waals surface area contributed by atoms with Crippen LogP contribution in [-0.2, 0) is 16.0 Å². The molecule has 0 bridgehead atoms. The van der Waals surface area contributed by atoms with Crippen molar-refractivity contribution in [3.63, 3.8) is 0 Å². The van der Waals surface area contributed by atoms with E-state index in [1.54, 1.807) is 18.9 Å². The molecule has 0 aromatic carbocycles. The van der Waals surface area contributed by atoms with Gasteiger partial charge in [0.05, 0.1) is 18.2 Å². The minimum atomic E-state index is -0.255. The lowest BCUT2D eigenvalue weighted by atomic mass is 10.1. The second kappa shape index (κ2) is 6.11. The van der Waals surface area contributed by atoms with Gasteiger partial charge in [0.25, 0.3) is 0 Å². The van der Waals surface area contributed by atoms with Gasteiger partial charge in [0, 0.05) is 25.6 Å². The van der Waals surface area contributed by atoms with Gasteiger partial charge < -0.3 is 18.7 Å². The maximum absolute atomic E-state index is 12.8. The number of carbonyl (C=O) groups excluding carboxylic acids is 1. The first-order chi connectivity index (χ1) is 11.0. The number of hydrogen-bond acceptors (Lipinski definition) is 7. The van der Waals surface area contributed by atoms with Crippen molar-refractivity contribution in [2.24, 2.45) is 0 Å². The zero-order chi connectivity index (χ0) is 16.6. The van der Waals surface area contributed by atoms with Crippen LogP contribution in [0.4, 0.5) is 0 Å². The summed E-state index contributed by atoms with van der Waals surface area (Å²) in [6, 6.07) is -0.255. The van der Waals surface area contributed by atoms with Crippen LogP contribution in [0, 0.1) is 20.8 Å². The summed E-state index contributed by atoms with van der Waals surface area (Å²) in [6.07, 6.45) is 0.841. The molecular formula is C15H20N4O4. The van der Waals surface area contributed by atoms with Crippen LogP contribution in [0.1, 0.15) is 41.2 Å². The zero-order valence-corrected chi connectivity index (χ0v) is 13.7. The molecule has 2 aromatic heterocycles. The first kappa shape index (κ1) is 15.7. The Balaban J connectivity index is 1.82. The molecule has 8 heteroatoms. The third-order valence-corrected chi connectivity index (χ3v) is 4.25. The van der Waals surface area contributed by atoms with Crippen molar-refractivity contribution in [1.29, 1.82) is 0 Å². The molecule has 1 amide bonds. The van der Waals surface area contributed by atoms with Crippen LogP contribution in [0.15, 0.2) is 9.05 Å². The molecule has 3 heterocycles. The maximum Gasteiger partial charge on any atom is 0.249 e. The van der Waals surface area contributed by atoms with E-state index >= 15 is 0 Å². The summed E-state index contributed by atoms with van der Waals surface area (Å²) >= 11 is 0. The third-order valence-electron chi connectivity index (χ3n) is 4.25. The number of hydrogen-bond donors (Lipinski definition) is 0. The quantitative estimate of drug-likeness (QED) is 0.842. The monoisotopic (exact) mass is 320 g/mol. The van der Waals surface area contributed by atoms with Gasteiger partial charge in [-0.25, -0.2) is 0 Å². The highest BCUT2D eigenvalue weighted by molar-refractivity contribution is 5.80. The van der Waals surface area contributed by atoms with Crippen LogP contribution in [0.3, 0.4) is 0 Å². The summed E-state index contributed by atoms with van der Waals surface area (Å²) in [4.78, 5) is 18.8. The number of amides is 1. The smallest absolute Gasteiger partial charge is 0.249 e. The van der Waals surface area contributed by atoms with Gasteiger partial charge in [0.15, 0.2) is 5.82 Å². The number of ether oxygens (including phenoxy) is 1. The molecule has 1 aliphatic rings. The standard InChI is InChI=1S/C15H20N4O4/c1-8-12(9(2)22-17-8)6-14(20)19-7-11(21-4)5-13(19)15-16-10(3)18-23-15/h11,13H,5-7H2,1-4H3. The molecule has 2 aromatic rings. The van der Waals surface area contributed by atoms with Gasteiger partial charge in [-0.3, -0.25) is 4.79 Å². The fourth-order valence-corrected chi connectivity index (χ4v) is 2.93. The Morgan fingerprint density at radius 2 is 2.09 bits per heavy atom. The van der Waals surface area contributed by atoms with Crippen LogP contribution in [0.2, 0.25) is 0 Å². The van der Waals surface area contributed by atoms with Gasteiger partial charge in [0.2, 0.25) is 11.8 Å². The molecule has 2 unspecified atom stereocenters. The number of likely N-dealkylation sites (tertiary alicyclic amines) is 1. The Hall–Kier alpha value is -2.22. The lowest BCUT2D eigenvalue weighted by Crippen LogP contribution is -2.33. The van der Waals surface area contributed by atoms with E-state index in [-0.39, 0.29) is 24.5 Å². The molecule has 0 N–H and O–H groups in total. The van der Waals surface area contributed by atoms with Gasteiger partial charge in [-0.05, 0) is 20.8 Å². The highest BCUT2D eigenvalue weighted by atomic mass is 16.5. The van der Waals surface area contributed by atoms with E-state index < -0.39 is 0 Å².